The molecule has 0 radical (unpaired) electrons. The van der Waals surface area contributed by atoms with Crippen molar-refractivity contribution in [3.63, 3.8) is 0 Å². The number of hydrogen-bond donors (Lipinski definition) is 1. The Bertz CT molecular complexity index is 651. The number of rotatable bonds is 5. The SMILES string of the molecule is O=C(COc1ccc(Cl)cc1)N1CCC(C(O)c2cccs2)CC1. The van der Waals surface area contributed by atoms with Crippen molar-refractivity contribution in [1.29, 1.82) is 0 Å². The third-order valence-corrected chi connectivity index (χ3v) is 5.54. The summed E-state index contributed by atoms with van der Waals surface area (Å²) in [5.41, 5.74) is 0. The fourth-order valence-electron chi connectivity index (χ4n) is 2.92. The number of thiophene rings is 1. The number of nitrogens with zero attached hydrogens (tertiary/aromatic N) is 1. The van der Waals surface area contributed by atoms with Crippen molar-refractivity contribution in [2.45, 2.75) is 18.9 Å². The average molecular weight is 366 g/mol. The van der Waals surface area contributed by atoms with E-state index in [2.05, 4.69) is 0 Å². The van der Waals surface area contributed by atoms with E-state index in [-0.39, 0.29) is 18.4 Å². The fraction of sp³-hybridized carbons (Fsp3) is 0.389. The van der Waals surface area contributed by atoms with Gasteiger partial charge in [0.2, 0.25) is 0 Å². The Kier molecular flexibility index (Phi) is 5.76. The van der Waals surface area contributed by atoms with Crippen LogP contribution in [0.25, 0.3) is 0 Å². The number of likely N-dealkylation sites (tertiary alicyclic amines) is 1. The highest BCUT2D eigenvalue weighted by Crippen LogP contribution is 2.32. The van der Waals surface area contributed by atoms with Crippen molar-refractivity contribution in [3.8, 4) is 5.75 Å². The van der Waals surface area contributed by atoms with Gasteiger partial charge in [0, 0.05) is 23.0 Å². The van der Waals surface area contributed by atoms with E-state index in [1.54, 1.807) is 35.6 Å². The first-order valence-corrected chi connectivity index (χ1v) is 9.27. The van der Waals surface area contributed by atoms with Crippen molar-refractivity contribution in [3.05, 3.63) is 51.7 Å². The molecule has 1 aliphatic rings. The second kappa shape index (κ2) is 8.01. The first-order chi connectivity index (χ1) is 11.6. The number of carbonyl (C=O) groups excluding carboxylic acids is 1. The van der Waals surface area contributed by atoms with Gasteiger partial charge in [-0.25, -0.2) is 0 Å². The van der Waals surface area contributed by atoms with Crippen molar-refractivity contribution >= 4 is 28.8 Å². The van der Waals surface area contributed by atoms with Crippen LogP contribution in [0.5, 0.6) is 5.75 Å². The van der Waals surface area contributed by atoms with Crippen LogP contribution in [0.1, 0.15) is 23.8 Å². The van der Waals surface area contributed by atoms with Gasteiger partial charge in [0.1, 0.15) is 5.75 Å². The van der Waals surface area contributed by atoms with Crippen molar-refractivity contribution in [2.75, 3.05) is 19.7 Å². The summed E-state index contributed by atoms with van der Waals surface area (Å²) in [6.45, 7) is 1.35. The number of aliphatic hydroxyl groups excluding tert-OH is 1. The Labute approximate surface area is 150 Å². The van der Waals surface area contributed by atoms with Crippen LogP contribution in [-0.4, -0.2) is 35.6 Å². The number of piperidine rings is 1. The normalized spacial score (nSPS) is 16.8. The Morgan fingerprint density at radius 2 is 2.00 bits per heavy atom. The maximum atomic E-state index is 12.3. The molecule has 3 rings (SSSR count). The molecule has 1 fully saturated rings. The highest BCUT2D eigenvalue weighted by Gasteiger charge is 2.28. The molecule has 1 aliphatic heterocycles. The Balaban J connectivity index is 1.45. The molecular formula is C18H20ClNO3S. The summed E-state index contributed by atoms with van der Waals surface area (Å²) >= 11 is 7.40. The smallest absolute Gasteiger partial charge is 0.260 e. The second-order valence-electron chi connectivity index (χ2n) is 5.92. The van der Waals surface area contributed by atoms with Crippen molar-refractivity contribution < 1.29 is 14.6 Å². The lowest BCUT2D eigenvalue weighted by molar-refractivity contribution is -0.135. The molecule has 1 aromatic heterocycles. The molecule has 0 aliphatic carbocycles. The van der Waals surface area contributed by atoms with Crippen molar-refractivity contribution in [1.82, 2.24) is 4.90 Å². The molecule has 4 nitrogen and oxygen atoms in total. The summed E-state index contributed by atoms with van der Waals surface area (Å²) in [7, 11) is 0. The van der Waals surface area contributed by atoms with E-state index in [1.165, 1.54) is 0 Å². The molecule has 1 N–H and O–H groups in total. The summed E-state index contributed by atoms with van der Waals surface area (Å²) in [5, 5.41) is 13.0. The number of ether oxygens (including phenoxy) is 1. The van der Waals surface area contributed by atoms with E-state index in [0.717, 1.165) is 17.7 Å². The van der Waals surface area contributed by atoms with Gasteiger partial charge in [-0.2, -0.15) is 0 Å². The molecule has 0 saturated carbocycles. The molecule has 2 heterocycles. The van der Waals surface area contributed by atoms with Gasteiger partial charge in [0.05, 0.1) is 6.10 Å². The zero-order chi connectivity index (χ0) is 16.9. The first kappa shape index (κ1) is 17.3. The maximum Gasteiger partial charge on any atom is 0.260 e. The topological polar surface area (TPSA) is 49.8 Å². The third kappa shape index (κ3) is 4.29. The number of benzene rings is 1. The number of halogens is 1. The van der Waals surface area contributed by atoms with Gasteiger partial charge >= 0.3 is 0 Å². The molecule has 0 bridgehead atoms. The number of aliphatic hydroxyl groups is 1. The Morgan fingerprint density at radius 1 is 1.29 bits per heavy atom. The Morgan fingerprint density at radius 3 is 2.62 bits per heavy atom. The lowest BCUT2D eigenvalue weighted by Gasteiger charge is -2.34. The van der Waals surface area contributed by atoms with Crippen LogP contribution < -0.4 is 4.74 Å². The monoisotopic (exact) mass is 365 g/mol. The first-order valence-electron chi connectivity index (χ1n) is 8.01. The van der Waals surface area contributed by atoms with E-state index in [0.29, 0.717) is 23.9 Å². The van der Waals surface area contributed by atoms with Crippen LogP contribution in [0.4, 0.5) is 0 Å². The molecule has 1 unspecified atom stereocenters. The largest absolute Gasteiger partial charge is 0.484 e. The van der Waals surface area contributed by atoms with Crippen LogP contribution in [-0.2, 0) is 4.79 Å². The molecule has 2 aromatic rings. The summed E-state index contributed by atoms with van der Waals surface area (Å²) < 4.78 is 5.51. The van der Waals surface area contributed by atoms with Crippen LogP contribution in [0, 0.1) is 5.92 Å². The lowest BCUT2D eigenvalue weighted by Crippen LogP contribution is -2.42. The zero-order valence-corrected chi connectivity index (χ0v) is 14.8. The maximum absolute atomic E-state index is 12.3. The van der Waals surface area contributed by atoms with Gasteiger partial charge in [-0.3, -0.25) is 4.79 Å². The summed E-state index contributed by atoms with van der Waals surface area (Å²) in [5.74, 6) is 0.828. The number of hydrogen-bond acceptors (Lipinski definition) is 4. The van der Waals surface area contributed by atoms with Crippen LogP contribution >= 0.6 is 22.9 Å². The minimum atomic E-state index is -0.424. The van der Waals surface area contributed by atoms with E-state index < -0.39 is 6.10 Å². The van der Waals surface area contributed by atoms with Gasteiger partial charge < -0.3 is 14.7 Å². The number of carbonyl (C=O) groups is 1. The predicted octanol–water partition coefficient (Wildman–Crippen LogP) is 3.75. The fourth-order valence-corrected chi connectivity index (χ4v) is 3.85. The molecule has 6 heteroatoms. The Hall–Kier alpha value is -1.56. The van der Waals surface area contributed by atoms with Crippen molar-refractivity contribution in [2.24, 2.45) is 5.92 Å². The predicted molar refractivity (Wildman–Crippen MR) is 95.5 cm³/mol. The van der Waals surface area contributed by atoms with E-state index >= 15 is 0 Å². The van der Waals surface area contributed by atoms with E-state index in [9.17, 15) is 9.90 Å². The van der Waals surface area contributed by atoms with Crippen LogP contribution in [0.15, 0.2) is 41.8 Å². The molecular weight excluding hydrogens is 346 g/mol. The molecule has 128 valence electrons. The van der Waals surface area contributed by atoms with Crippen LogP contribution in [0.3, 0.4) is 0 Å². The van der Waals surface area contributed by atoms with Gasteiger partial charge in [0.25, 0.3) is 5.91 Å². The second-order valence-corrected chi connectivity index (χ2v) is 7.34. The summed E-state index contributed by atoms with van der Waals surface area (Å²) in [6, 6.07) is 10.9. The standard InChI is InChI=1S/C18H20ClNO3S/c19-14-3-5-15(6-4-14)23-12-17(21)20-9-7-13(8-10-20)18(22)16-2-1-11-24-16/h1-6,11,13,18,22H,7-10,12H2. The van der Waals surface area contributed by atoms with Crippen LogP contribution in [0.2, 0.25) is 5.02 Å². The third-order valence-electron chi connectivity index (χ3n) is 4.35. The van der Waals surface area contributed by atoms with Gasteiger partial charge in [-0.1, -0.05) is 17.7 Å². The van der Waals surface area contributed by atoms with Gasteiger partial charge in [-0.15, -0.1) is 11.3 Å². The summed E-state index contributed by atoms with van der Waals surface area (Å²) in [4.78, 5) is 15.1. The lowest BCUT2D eigenvalue weighted by atomic mass is 9.90. The number of amides is 1. The molecule has 24 heavy (non-hydrogen) atoms. The summed E-state index contributed by atoms with van der Waals surface area (Å²) in [6.07, 6.45) is 1.20. The highest BCUT2D eigenvalue weighted by atomic mass is 35.5. The zero-order valence-electron chi connectivity index (χ0n) is 13.2. The molecule has 1 atom stereocenters. The van der Waals surface area contributed by atoms with E-state index in [4.69, 9.17) is 16.3 Å². The average Bonchev–Trinajstić information content (AvgIpc) is 3.15. The van der Waals surface area contributed by atoms with Gasteiger partial charge in [0.15, 0.2) is 6.61 Å². The molecule has 1 aromatic carbocycles. The van der Waals surface area contributed by atoms with Gasteiger partial charge in [-0.05, 0) is 54.5 Å². The van der Waals surface area contributed by atoms with E-state index in [1.807, 2.05) is 22.4 Å². The molecule has 1 amide bonds. The molecule has 0 spiro atoms. The minimum absolute atomic E-state index is 0.0194. The minimum Gasteiger partial charge on any atom is -0.484 e. The molecule has 1 saturated heterocycles. The quantitative estimate of drug-likeness (QED) is 0.877. The highest BCUT2D eigenvalue weighted by molar-refractivity contribution is 7.10.